The zero-order valence-corrected chi connectivity index (χ0v) is 6.95. The van der Waals surface area contributed by atoms with Crippen molar-refractivity contribution in [3.05, 3.63) is 0 Å². The minimum atomic E-state index is -0.363. The molecule has 11 heavy (non-hydrogen) atoms. The molecule has 0 spiro atoms. The molecule has 0 aromatic rings. The first-order chi connectivity index (χ1) is 5.22. The summed E-state index contributed by atoms with van der Waals surface area (Å²) in [6.07, 6.45) is 6.61. The first-order valence-electron chi connectivity index (χ1n) is 3.94. The summed E-state index contributed by atoms with van der Waals surface area (Å²) >= 11 is 0. The van der Waals surface area contributed by atoms with E-state index in [1.165, 1.54) is 0 Å². The Morgan fingerprint density at radius 3 is 2.64 bits per heavy atom. The van der Waals surface area contributed by atoms with Gasteiger partial charge in [0.2, 0.25) is 0 Å². The van der Waals surface area contributed by atoms with Crippen molar-refractivity contribution in [3.63, 3.8) is 0 Å². The van der Waals surface area contributed by atoms with Crippen LogP contribution in [0.1, 0.15) is 26.2 Å². The highest BCUT2D eigenvalue weighted by atomic mass is 16.3. The summed E-state index contributed by atoms with van der Waals surface area (Å²) in [6.45, 7) is 2.06. The summed E-state index contributed by atoms with van der Waals surface area (Å²) < 4.78 is 0. The lowest BCUT2D eigenvalue weighted by Crippen LogP contribution is -2.17. The van der Waals surface area contributed by atoms with Crippen LogP contribution in [0.3, 0.4) is 0 Å². The zero-order valence-electron chi connectivity index (χ0n) is 6.95. The SMILES string of the molecule is C#CC[C@@H](C)[C@@H](O)CCCO. The van der Waals surface area contributed by atoms with E-state index >= 15 is 0 Å². The average Bonchev–Trinajstić information content (AvgIpc) is 2.00. The molecule has 0 radical (unpaired) electrons. The van der Waals surface area contributed by atoms with Crippen molar-refractivity contribution in [2.75, 3.05) is 6.61 Å². The van der Waals surface area contributed by atoms with E-state index in [2.05, 4.69) is 5.92 Å². The maximum absolute atomic E-state index is 9.37. The van der Waals surface area contributed by atoms with Crippen LogP contribution in [0, 0.1) is 18.3 Å². The van der Waals surface area contributed by atoms with Crippen LogP contribution in [0.5, 0.6) is 0 Å². The van der Waals surface area contributed by atoms with Crippen LogP contribution >= 0.6 is 0 Å². The van der Waals surface area contributed by atoms with Gasteiger partial charge in [-0.3, -0.25) is 0 Å². The van der Waals surface area contributed by atoms with Gasteiger partial charge in [-0.15, -0.1) is 12.3 Å². The molecule has 64 valence electrons. The summed E-state index contributed by atoms with van der Waals surface area (Å²) in [4.78, 5) is 0. The van der Waals surface area contributed by atoms with E-state index in [0.29, 0.717) is 19.3 Å². The standard InChI is InChI=1S/C9H16O2/c1-3-5-8(2)9(11)6-4-7-10/h1,8-11H,4-7H2,2H3/t8-,9+/m1/s1. The lowest BCUT2D eigenvalue weighted by molar-refractivity contribution is 0.100. The molecule has 0 aromatic heterocycles. The maximum Gasteiger partial charge on any atom is 0.0575 e. The number of rotatable bonds is 5. The molecule has 2 heteroatoms. The van der Waals surface area contributed by atoms with Gasteiger partial charge < -0.3 is 10.2 Å². The van der Waals surface area contributed by atoms with Crippen LogP contribution in [-0.2, 0) is 0 Å². The summed E-state index contributed by atoms with van der Waals surface area (Å²) in [5.41, 5.74) is 0. The van der Waals surface area contributed by atoms with Crippen LogP contribution in [-0.4, -0.2) is 22.9 Å². The quantitative estimate of drug-likeness (QED) is 0.577. The smallest absolute Gasteiger partial charge is 0.0575 e. The zero-order chi connectivity index (χ0) is 8.69. The molecule has 0 saturated carbocycles. The Hall–Kier alpha value is -0.520. The Labute approximate surface area is 68.2 Å². The number of aliphatic hydroxyl groups is 2. The van der Waals surface area contributed by atoms with Gasteiger partial charge in [0.25, 0.3) is 0 Å². The summed E-state index contributed by atoms with van der Waals surface area (Å²) in [7, 11) is 0. The minimum Gasteiger partial charge on any atom is -0.396 e. The van der Waals surface area contributed by atoms with E-state index in [4.69, 9.17) is 11.5 Å². The monoisotopic (exact) mass is 156 g/mol. The molecule has 0 aliphatic carbocycles. The van der Waals surface area contributed by atoms with E-state index in [1.54, 1.807) is 0 Å². The first kappa shape index (κ1) is 10.5. The molecule has 0 saturated heterocycles. The minimum absolute atomic E-state index is 0.139. The van der Waals surface area contributed by atoms with Crippen LogP contribution in [0.25, 0.3) is 0 Å². The highest BCUT2D eigenvalue weighted by Crippen LogP contribution is 2.11. The van der Waals surface area contributed by atoms with Gasteiger partial charge in [-0.25, -0.2) is 0 Å². The van der Waals surface area contributed by atoms with Gasteiger partial charge in [-0.1, -0.05) is 6.92 Å². The molecule has 2 nitrogen and oxygen atoms in total. The van der Waals surface area contributed by atoms with Crippen molar-refractivity contribution < 1.29 is 10.2 Å². The van der Waals surface area contributed by atoms with Gasteiger partial charge in [-0.05, 0) is 18.8 Å². The third-order valence-electron chi connectivity index (χ3n) is 1.75. The molecular formula is C9H16O2. The fourth-order valence-electron chi connectivity index (χ4n) is 0.907. The topological polar surface area (TPSA) is 40.5 Å². The second-order valence-electron chi connectivity index (χ2n) is 2.82. The maximum atomic E-state index is 9.37. The normalized spacial score (nSPS) is 15.5. The molecule has 0 fully saturated rings. The van der Waals surface area contributed by atoms with Gasteiger partial charge >= 0.3 is 0 Å². The molecule has 0 aromatic carbocycles. The molecule has 0 aliphatic heterocycles. The fraction of sp³-hybridized carbons (Fsp3) is 0.778. The lowest BCUT2D eigenvalue weighted by atomic mass is 9.98. The van der Waals surface area contributed by atoms with E-state index in [0.717, 1.165) is 0 Å². The van der Waals surface area contributed by atoms with Crippen molar-refractivity contribution in [2.24, 2.45) is 5.92 Å². The Kier molecular flexibility index (Phi) is 5.91. The Bertz CT molecular complexity index is 126. The third kappa shape index (κ3) is 4.83. The second kappa shape index (κ2) is 6.21. The van der Waals surface area contributed by atoms with Crippen molar-refractivity contribution in [1.29, 1.82) is 0 Å². The predicted octanol–water partition coefficient (Wildman–Crippen LogP) is 0.779. The van der Waals surface area contributed by atoms with Crippen molar-refractivity contribution in [1.82, 2.24) is 0 Å². The fourth-order valence-corrected chi connectivity index (χ4v) is 0.907. The van der Waals surface area contributed by atoms with Gasteiger partial charge in [-0.2, -0.15) is 0 Å². The van der Waals surface area contributed by atoms with Crippen LogP contribution in [0.4, 0.5) is 0 Å². The number of hydrogen-bond donors (Lipinski definition) is 2. The van der Waals surface area contributed by atoms with Crippen molar-refractivity contribution >= 4 is 0 Å². The van der Waals surface area contributed by atoms with Gasteiger partial charge in [0, 0.05) is 13.0 Å². The number of terminal acetylenes is 1. The van der Waals surface area contributed by atoms with Crippen LogP contribution in [0.2, 0.25) is 0 Å². The third-order valence-corrected chi connectivity index (χ3v) is 1.75. The second-order valence-corrected chi connectivity index (χ2v) is 2.82. The summed E-state index contributed by atoms with van der Waals surface area (Å²) in [6, 6.07) is 0. The molecule has 0 amide bonds. The summed E-state index contributed by atoms with van der Waals surface area (Å²) in [5, 5.41) is 17.8. The van der Waals surface area contributed by atoms with Crippen LogP contribution in [0.15, 0.2) is 0 Å². The highest BCUT2D eigenvalue weighted by Gasteiger charge is 2.11. The average molecular weight is 156 g/mol. The van der Waals surface area contributed by atoms with Crippen molar-refractivity contribution in [2.45, 2.75) is 32.3 Å². The van der Waals surface area contributed by atoms with E-state index in [9.17, 15) is 5.11 Å². The van der Waals surface area contributed by atoms with E-state index in [1.807, 2.05) is 6.92 Å². The molecule has 0 heterocycles. The Morgan fingerprint density at radius 1 is 1.55 bits per heavy atom. The van der Waals surface area contributed by atoms with E-state index < -0.39 is 0 Å². The lowest BCUT2D eigenvalue weighted by Gasteiger charge is -2.15. The highest BCUT2D eigenvalue weighted by molar-refractivity contribution is 4.87. The Balaban J connectivity index is 3.48. The first-order valence-corrected chi connectivity index (χ1v) is 3.94. The molecular weight excluding hydrogens is 140 g/mol. The molecule has 0 rings (SSSR count). The van der Waals surface area contributed by atoms with Gasteiger partial charge in [0.05, 0.1) is 6.10 Å². The molecule has 2 atom stereocenters. The molecule has 2 N–H and O–H groups in total. The van der Waals surface area contributed by atoms with Gasteiger partial charge in [0.1, 0.15) is 0 Å². The molecule has 0 unspecified atom stereocenters. The van der Waals surface area contributed by atoms with Gasteiger partial charge in [0.15, 0.2) is 0 Å². The van der Waals surface area contributed by atoms with E-state index in [-0.39, 0.29) is 18.6 Å². The molecule has 0 bridgehead atoms. The summed E-state index contributed by atoms with van der Waals surface area (Å²) in [5.74, 6) is 2.65. The largest absolute Gasteiger partial charge is 0.396 e. The number of hydrogen-bond acceptors (Lipinski definition) is 2. The number of aliphatic hydroxyl groups excluding tert-OH is 2. The van der Waals surface area contributed by atoms with Crippen molar-refractivity contribution in [3.8, 4) is 12.3 Å². The Morgan fingerprint density at radius 2 is 2.18 bits per heavy atom. The predicted molar refractivity (Wildman–Crippen MR) is 44.9 cm³/mol. The molecule has 0 aliphatic rings. The van der Waals surface area contributed by atoms with Crippen LogP contribution < -0.4 is 0 Å².